The molecule has 0 atom stereocenters. The zero-order chi connectivity index (χ0) is 11.5. The lowest BCUT2D eigenvalue weighted by Crippen LogP contribution is -2.09. The number of benzene rings is 1. The summed E-state index contributed by atoms with van der Waals surface area (Å²) in [5.74, 6) is 0. The molecule has 0 amide bonds. The van der Waals surface area contributed by atoms with Crippen LogP contribution in [0.2, 0.25) is 0 Å². The van der Waals surface area contributed by atoms with Gasteiger partial charge in [-0.2, -0.15) is 5.10 Å². The number of halogens is 1. The first-order valence-corrected chi connectivity index (χ1v) is 5.96. The Kier molecular flexibility index (Phi) is 3.41. The Labute approximate surface area is 103 Å². The van der Waals surface area contributed by atoms with Gasteiger partial charge in [0.1, 0.15) is 0 Å². The van der Waals surface area contributed by atoms with Crippen molar-refractivity contribution in [1.82, 2.24) is 9.78 Å². The molecule has 4 heteroatoms. The summed E-state index contributed by atoms with van der Waals surface area (Å²) in [7, 11) is 0. The van der Waals surface area contributed by atoms with Gasteiger partial charge in [0.25, 0.3) is 0 Å². The number of nitrogens with zero attached hydrogens (tertiary/aromatic N) is 2. The second-order valence-corrected chi connectivity index (χ2v) is 4.68. The van der Waals surface area contributed by atoms with Crippen LogP contribution in [0, 0.1) is 6.92 Å². The van der Waals surface area contributed by atoms with E-state index in [4.69, 9.17) is 5.73 Å². The Bertz CT molecular complexity index is 474. The maximum atomic E-state index is 5.67. The maximum absolute atomic E-state index is 5.67. The normalized spacial score (nSPS) is 10.7. The van der Waals surface area contributed by atoms with Crippen molar-refractivity contribution in [3.05, 3.63) is 51.8 Å². The van der Waals surface area contributed by atoms with Crippen molar-refractivity contribution < 1.29 is 0 Å². The maximum Gasteiger partial charge on any atom is 0.0663 e. The van der Waals surface area contributed by atoms with E-state index in [9.17, 15) is 0 Å². The number of hydrogen-bond donors (Lipinski definition) is 1. The van der Waals surface area contributed by atoms with Crippen molar-refractivity contribution in [3.8, 4) is 0 Å². The third-order valence-corrected chi connectivity index (χ3v) is 2.97. The molecule has 0 aliphatic heterocycles. The molecule has 2 aromatic rings. The fourth-order valence-electron chi connectivity index (χ4n) is 1.66. The van der Waals surface area contributed by atoms with Crippen LogP contribution in [0.15, 0.2) is 34.8 Å². The van der Waals surface area contributed by atoms with Gasteiger partial charge in [-0.1, -0.05) is 28.1 Å². The quantitative estimate of drug-likeness (QED) is 0.938. The lowest BCUT2D eigenvalue weighted by molar-refractivity contribution is 0.641. The largest absolute Gasteiger partial charge is 0.325 e. The highest BCUT2D eigenvalue weighted by molar-refractivity contribution is 9.10. The van der Waals surface area contributed by atoms with Crippen molar-refractivity contribution in [1.29, 1.82) is 0 Å². The Hall–Kier alpha value is -1.13. The third kappa shape index (κ3) is 2.51. The van der Waals surface area contributed by atoms with E-state index in [1.54, 1.807) is 0 Å². The number of aryl methyl sites for hydroxylation is 1. The molecule has 0 saturated heterocycles. The highest BCUT2D eigenvalue weighted by Crippen LogP contribution is 2.12. The molecule has 2 rings (SSSR count). The molecule has 3 nitrogen and oxygen atoms in total. The summed E-state index contributed by atoms with van der Waals surface area (Å²) >= 11 is 3.42. The van der Waals surface area contributed by atoms with Crippen molar-refractivity contribution in [2.24, 2.45) is 5.73 Å². The Morgan fingerprint density at radius 1 is 1.31 bits per heavy atom. The summed E-state index contributed by atoms with van der Waals surface area (Å²) in [6, 6.07) is 10.3. The third-order valence-electron chi connectivity index (χ3n) is 2.44. The number of aromatic nitrogens is 2. The standard InChI is InChI=1S/C12H14BrN3/c1-9-6-12(7-14)16(15-9)8-10-2-4-11(13)5-3-10/h2-6H,7-8,14H2,1H3. The van der Waals surface area contributed by atoms with Crippen LogP contribution in [0.25, 0.3) is 0 Å². The molecule has 1 aromatic carbocycles. The second kappa shape index (κ2) is 4.80. The van der Waals surface area contributed by atoms with E-state index in [0.717, 1.165) is 22.4 Å². The lowest BCUT2D eigenvalue weighted by atomic mass is 10.2. The van der Waals surface area contributed by atoms with Crippen molar-refractivity contribution in [2.45, 2.75) is 20.0 Å². The fraction of sp³-hybridized carbons (Fsp3) is 0.250. The van der Waals surface area contributed by atoms with Crippen LogP contribution in [-0.4, -0.2) is 9.78 Å². The first-order valence-electron chi connectivity index (χ1n) is 5.17. The molecule has 2 N–H and O–H groups in total. The van der Waals surface area contributed by atoms with Gasteiger partial charge in [-0.15, -0.1) is 0 Å². The number of rotatable bonds is 3. The average molecular weight is 280 g/mol. The van der Waals surface area contributed by atoms with E-state index >= 15 is 0 Å². The zero-order valence-corrected chi connectivity index (χ0v) is 10.7. The predicted molar refractivity (Wildman–Crippen MR) is 68.1 cm³/mol. The Balaban J connectivity index is 2.22. The molecule has 0 fully saturated rings. The van der Waals surface area contributed by atoms with Crippen LogP contribution in [0.1, 0.15) is 17.0 Å². The van der Waals surface area contributed by atoms with Crippen LogP contribution < -0.4 is 5.73 Å². The van der Waals surface area contributed by atoms with Crippen LogP contribution in [0.4, 0.5) is 0 Å². The lowest BCUT2D eigenvalue weighted by Gasteiger charge is -2.05. The topological polar surface area (TPSA) is 43.8 Å². The molecule has 0 radical (unpaired) electrons. The Morgan fingerprint density at radius 3 is 2.62 bits per heavy atom. The number of hydrogen-bond acceptors (Lipinski definition) is 2. The monoisotopic (exact) mass is 279 g/mol. The minimum atomic E-state index is 0.525. The van der Waals surface area contributed by atoms with Gasteiger partial charge in [0.15, 0.2) is 0 Å². The molecule has 84 valence electrons. The minimum absolute atomic E-state index is 0.525. The summed E-state index contributed by atoms with van der Waals surface area (Å²) < 4.78 is 3.05. The van der Waals surface area contributed by atoms with Crippen molar-refractivity contribution in [2.75, 3.05) is 0 Å². The van der Waals surface area contributed by atoms with Crippen LogP contribution in [0.5, 0.6) is 0 Å². The molecular formula is C12H14BrN3. The SMILES string of the molecule is Cc1cc(CN)n(Cc2ccc(Br)cc2)n1. The van der Waals surface area contributed by atoms with E-state index < -0.39 is 0 Å². The van der Waals surface area contributed by atoms with Crippen LogP contribution in [0.3, 0.4) is 0 Å². The van der Waals surface area contributed by atoms with Crippen molar-refractivity contribution in [3.63, 3.8) is 0 Å². The van der Waals surface area contributed by atoms with Crippen LogP contribution >= 0.6 is 15.9 Å². The van der Waals surface area contributed by atoms with E-state index in [2.05, 4.69) is 33.2 Å². The summed E-state index contributed by atoms with van der Waals surface area (Å²) in [6.45, 7) is 3.28. The van der Waals surface area contributed by atoms with E-state index in [1.807, 2.05) is 29.8 Å². The van der Waals surface area contributed by atoms with Gasteiger partial charge in [-0.05, 0) is 30.7 Å². The van der Waals surface area contributed by atoms with Gasteiger partial charge in [0, 0.05) is 11.0 Å². The van der Waals surface area contributed by atoms with Gasteiger partial charge in [0.05, 0.1) is 17.9 Å². The first kappa shape index (κ1) is 11.4. The van der Waals surface area contributed by atoms with Gasteiger partial charge < -0.3 is 5.73 Å². The molecule has 0 aliphatic carbocycles. The van der Waals surface area contributed by atoms with Crippen molar-refractivity contribution >= 4 is 15.9 Å². The molecular weight excluding hydrogens is 266 g/mol. The summed E-state index contributed by atoms with van der Waals surface area (Å²) in [5.41, 5.74) is 8.98. The van der Waals surface area contributed by atoms with E-state index in [1.165, 1.54) is 5.56 Å². The molecule has 0 aliphatic rings. The molecule has 0 unspecified atom stereocenters. The fourth-order valence-corrected chi connectivity index (χ4v) is 1.93. The highest BCUT2D eigenvalue weighted by atomic mass is 79.9. The number of nitrogens with two attached hydrogens (primary N) is 1. The molecule has 0 saturated carbocycles. The van der Waals surface area contributed by atoms with Gasteiger partial charge in [0.2, 0.25) is 0 Å². The van der Waals surface area contributed by atoms with Gasteiger partial charge in [-0.3, -0.25) is 4.68 Å². The van der Waals surface area contributed by atoms with Crippen LogP contribution in [-0.2, 0) is 13.1 Å². The van der Waals surface area contributed by atoms with Gasteiger partial charge in [-0.25, -0.2) is 0 Å². The molecule has 1 heterocycles. The molecule has 16 heavy (non-hydrogen) atoms. The van der Waals surface area contributed by atoms with Gasteiger partial charge >= 0.3 is 0 Å². The second-order valence-electron chi connectivity index (χ2n) is 3.77. The first-order chi connectivity index (χ1) is 7.69. The average Bonchev–Trinajstić information content (AvgIpc) is 2.62. The molecule has 1 aromatic heterocycles. The smallest absolute Gasteiger partial charge is 0.0663 e. The summed E-state index contributed by atoms with van der Waals surface area (Å²) in [6.07, 6.45) is 0. The van der Waals surface area contributed by atoms with E-state index in [0.29, 0.717) is 6.54 Å². The molecule has 0 bridgehead atoms. The summed E-state index contributed by atoms with van der Waals surface area (Å²) in [5, 5.41) is 4.42. The summed E-state index contributed by atoms with van der Waals surface area (Å²) in [4.78, 5) is 0. The zero-order valence-electron chi connectivity index (χ0n) is 9.15. The molecule has 0 spiro atoms. The minimum Gasteiger partial charge on any atom is -0.325 e. The predicted octanol–water partition coefficient (Wildman–Crippen LogP) is 2.46. The highest BCUT2D eigenvalue weighted by Gasteiger charge is 2.04. The van der Waals surface area contributed by atoms with E-state index in [-0.39, 0.29) is 0 Å². The Morgan fingerprint density at radius 2 is 2.00 bits per heavy atom.